The number of aliphatic carboxylic acids is 1. The number of carboxylic acid groups (broad SMARTS) is 1. The molecule has 0 aliphatic heterocycles. The van der Waals surface area contributed by atoms with E-state index in [2.05, 4.69) is 5.27 Å². The second-order valence-corrected chi connectivity index (χ2v) is 7.76. The van der Waals surface area contributed by atoms with E-state index in [9.17, 15) is 19.8 Å². The van der Waals surface area contributed by atoms with Crippen molar-refractivity contribution in [1.29, 1.82) is 0 Å². The summed E-state index contributed by atoms with van der Waals surface area (Å²) in [6.45, 7) is -0.512. The van der Waals surface area contributed by atoms with Crippen LogP contribution in [0.5, 0.6) is 11.7 Å². The summed E-state index contributed by atoms with van der Waals surface area (Å²) in [6.07, 6.45) is 1.63. The zero-order valence-electron chi connectivity index (χ0n) is 18.1. The van der Waals surface area contributed by atoms with Gasteiger partial charge in [-0.3, -0.25) is 9.59 Å². The highest BCUT2D eigenvalue weighted by Crippen LogP contribution is 2.30. The Hall–Kier alpha value is -4.08. The number of rotatable bonds is 10. The third-order valence-corrected chi connectivity index (χ3v) is 5.40. The number of aromatic nitrogens is 2. The van der Waals surface area contributed by atoms with Crippen molar-refractivity contribution in [3.8, 4) is 17.4 Å². The van der Waals surface area contributed by atoms with E-state index >= 15 is 0 Å². The van der Waals surface area contributed by atoms with Crippen LogP contribution in [0.3, 0.4) is 0 Å². The molecule has 3 aromatic rings. The van der Waals surface area contributed by atoms with E-state index in [0.717, 1.165) is 12.8 Å². The predicted molar refractivity (Wildman–Crippen MR) is 114 cm³/mol. The Morgan fingerprint density at radius 2 is 1.94 bits per heavy atom. The van der Waals surface area contributed by atoms with Crippen LogP contribution in [0.2, 0.25) is 0 Å². The van der Waals surface area contributed by atoms with E-state index in [0.29, 0.717) is 17.1 Å². The molecule has 1 saturated carbocycles. The first-order valence-electron chi connectivity index (χ1n) is 10.5. The van der Waals surface area contributed by atoms with Crippen LogP contribution in [-0.2, 0) is 16.1 Å². The highest BCUT2D eigenvalue weighted by molar-refractivity contribution is 5.84. The van der Waals surface area contributed by atoms with Crippen molar-refractivity contribution in [2.24, 2.45) is 0 Å². The minimum Gasteiger partial charge on any atom is -0.539 e. The minimum atomic E-state index is -1.06. The number of ether oxygens (including phenoxy) is 1. The van der Waals surface area contributed by atoms with Crippen LogP contribution in [0.4, 0.5) is 5.69 Å². The number of para-hydroxylation sites is 1. The van der Waals surface area contributed by atoms with Gasteiger partial charge in [-0.25, -0.2) is 0 Å². The van der Waals surface area contributed by atoms with E-state index in [-0.39, 0.29) is 37.3 Å². The van der Waals surface area contributed by atoms with E-state index < -0.39 is 11.9 Å². The Morgan fingerprint density at radius 1 is 1.18 bits per heavy atom. The normalized spacial score (nSPS) is 12.9. The van der Waals surface area contributed by atoms with Crippen molar-refractivity contribution in [1.82, 2.24) is 10.2 Å². The number of carboxylic acids is 1. The first kappa shape index (κ1) is 22.1. The Labute approximate surface area is 190 Å². The molecule has 1 aliphatic rings. The fourth-order valence-corrected chi connectivity index (χ4v) is 3.60. The molecule has 1 heterocycles. The van der Waals surface area contributed by atoms with Gasteiger partial charge in [-0.05, 0) is 29.7 Å². The van der Waals surface area contributed by atoms with Crippen molar-refractivity contribution in [2.45, 2.75) is 25.4 Å². The summed E-state index contributed by atoms with van der Waals surface area (Å²) in [7, 11) is 1.52. The van der Waals surface area contributed by atoms with Crippen LogP contribution in [0, 0.1) is 0 Å². The van der Waals surface area contributed by atoms with Gasteiger partial charge >= 0.3 is 5.97 Å². The summed E-state index contributed by atoms with van der Waals surface area (Å²) in [4.78, 5) is 27.9. The van der Waals surface area contributed by atoms with Gasteiger partial charge < -0.3 is 29.3 Å². The lowest BCUT2D eigenvalue weighted by Crippen LogP contribution is -2.46. The standard InChI is InChI=1S/C23H24N4O6/c1-32-19-9-5-8-18(12-19)25(15-22(29)30)14-21(28)26(16-10-11-16)13-20-23(31)33-24-27(20)17-6-3-2-4-7-17/h2-9,12,16H,10-11,13-15H2,1H3,(H-,24,29,30,31). The van der Waals surface area contributed by atoms with E-state index in [1.807, 2.05) is 18.2 Å². The lowest BCUT2D eigenvalue weighted by molar-refractivity contribution is -0.678. The number of benzene rings is 2. The SMILES string of the molecule is COc1cccc(N(CC(=O)O)CC(=O)N(Cc2c([O-])on[n+]2-c2ccccc2)C2CC2)c1. The van der Waals surface area contributed by atoms with Gasteiger partial charge in [0.05, 0.1) is 18.9 Å². The molecule has 0 radical (unpaired) electrons. The number of carbonyl (C=O) groups is 2. The number of carbonyl (C=O) groups excluding carboxylic acids is 1. The molecule has 1 amide bonds. The molecule has 0 unspecified atom stereocenters. The summed E-state index contributed by atoms with van der Waals surface area (Å²) in [5.74, 6) is -1.42. The van der Waals surface area contributed by atoms with Gasteiger partial charge in [-0.1, -0.05) is 24.3 Å². The molecule has 4 rings (SSSR count). The second-order valence-electron chi connectivity index (χ2n) is 7.76. The van der Waals surface area contributed by atoms with E-state index in [1.54, 1.807) is 41.3 Å². The first-order chi connectivity index (χ1) is 16.0. The summed E-state index contributed by atoms with van der Waals surface area (Å²) < 4.78 is 11.5. The topological polar surface area (TPSA) is 123 Å². The van der Waals surface area contributed by atoms with Gasteiger partial charge in [0.1, 0.15) is 18.8 Å². The zero-order valence-corrected chi connectivity index (χ0v) is 18.1. The molecule has 0 atom stereocenters. The molecule has 1 aliphatic carbocycles. The summed E-state index contributed by atoms with van der Waals surface area (Å²) >= 11 is 0. The molecular weight excluding hydrogens is 428 g/mol. The molecule has 2 aromatic carbocycles. The molecule has 0 spiro atoms. The Kier molecular flexibility index (Phi) is 6.43. The molecule has 10 heteroatoms. The molecule has 1 aromatic heterocycles. The summed E-state index contributed by atoms with van der Waals surface area (Å²) in [5.41, 5.74) is 1.42. The highest BCUT2D eigenvalue weighted by atomic mass is 16.6. The summed E-state index contributed by atoms with van der Waals surface area (Å²) in [6, 6.07) is 15.9. The Morgan fingerprint density at radius 3 is 2.61 bits per heavy atom. The number of nitrogens with zero attached hydrogens (tertiary/aromatic N) is 4. The number of amides is 1. The largest absolute Gasteiger partial charge is 0.539 e. The number of hydrogen-bond acceptors (Lipinski definition) is 7. The second kappa shape index (κ2) is 9.60. The monoisotopic (exact) mass is 452 g/mol. The van der Waals surface area contributed by atoms with Crippen LogP contribution >= 0.6 is 0 Å². The zero-order chi connectivity index (χ0) is 23.4. The lowest BCUT2D eigenvalue weighted by Gasteiger charge is -2.27. The third-order valence-electron chi connectivity index (χ3n) is 5.40. The van der Waals surface area contributed by atoms with Gasteiger partial charge in [-0.2, -0.15) is 0 Å². The fourth-order valence-electron chi connectivity index (χ4n) is 3.60. The number of anilines is 1. The minimum absolute atomic E-state index is 0.0136. The number of hydrogen-bond donors (Lipinski definition) is 1. The number of methoxy groups -OCH3 is 1. The van der Waals surface area contributed by atoms with Crippen molar-refractivity contribution in [3.05, 3.63) is 60.3 Å². The van der Waals surface area contributed by atoms with Gasteiger partial charge in [0.2, 0.25) is 11.6 Å². The quantitative estimate of drug-likeness (QED) is 0.454. The van der Waals surface area contributed by atoms with E-state index in [4.69, 9.17) is 9.26 Å². The van der Waals surface area contributed by atoms with Crippen molar-refractivity contribution < 1.29 is 33.7 Å². The molecule has 0 bridgehead atoms. The average molecular weight is 452 g/mol. The smallest absolute Gasteiger partial charge is 0.323 e. The third kappa shape index (κ3) is 5.22. The molecule has 1 fully saturated rings. The first-order valence-corrected chi connectivity index (χ1v) is 10.5. The van der Waals surface area contributed by atoms with Crippen LogP contribution in [0.1, 0.15) is 18.5 Å². The lowest BCUT2D eigenvalue weighted by atomic mass is 10.2. The Bertz CT molecular complexity index is 1130. The maximum absolute atomic E-state index is 13.3. The maximum Gasteiger partial charge on any atom is 0.323 e. The van der Waals surface area contributed by atoms with Crippen LogP contribution < -0.4 is 19.4 Å². The van der Waals surface area contributed by atoms with Gasteiger partial charge in [0.15, 0.2) is 5.95 Å². The van der Waals surface area contributed by atoms with Crippen LogP contribution in [0.25, 0.3) is 5.69 Å². The fraction of sp³-hybridized carbons (Fsp3) is 0.304. The van der Waals surface area contributed by atoms with Gasteiger partial charge in [0.25, 0.3) is 5.69 Å². The average Bonchev–Trinajstić information content (AvgIpc) is 3.59. The van der Waals surface area contributed by atoms with Crippen molar-refractivity contribution in [3.63, 3.8) is 0 Å². The molecular formula is C23H24N4O6. The molecule has 33 heavy (non-hydrogen) atoms. The van der Waals surface area contributed by atoms with Crippen molar-refractivity contribution >= 4 is 17.6 Å². The summed E-state index contributed by atoms with van der Waals surface area (Å²) in [5, 5.41) is 25.6. The highest BCUT2D eigenvalue weighted by Gasteiger charge is 2.36. The molecule has 10 nitrogen and oxygen atoms in total. The molecule has 0 saturated heterocycles. The molecule has 172 valence electrons. The Balaban J connectivity index is 1.58. The predicted octanol–water partition coefficient (Wildman–Crippen LogP) is 1.12. The van der Waals surface area contributed by atoms with Crippen LogP contribution in [-0.4, -0.2) is 53.4 Å². The van der Waals surface area contributed by atoms with E-state index in [1.165, 1.54) is 16.7 Å². The van der Waals surface area contributed by atoms with Crippen LogP contribution in [0.15, 0.2) is 59.1 Å². The van der Waals surface area contributed by atoms with Gasteiger partial charge in [-0.15, -0.1) is 0 Å². The molecule has 1 N–H and O–H groups in total. The maximum atomic E-state index is 13.3. The van der Waals surface area contributed by atoms with Crippen molar-refractivity contribution in [2.75, 3.05) is 25.1 Å². The van der Waals surface area contributed by atoms with Gasteiger partial charge in [0, 0.05) is 29.9 Å².